The van der Waals surface area contributed by atoms with Crippen LogP contribution in [0.4, 0.5) is 9.52 Å². The Balaban J connectivity index is 1.50. The van der Waals surface area contributed by atoms with Crippen LogP contribution in [0.5, 0.6) is 5.75 Å². The first-order chi connectivity index (χ1) is 17.3. The topological polar surface area (TPSA) is 120 Å². The van der Waals surface area contributed by atoms with Gasteiger partial charge in [0.2, 0.25) is 0 Å². The molecule has 5 rings (SSSR count). The van der Waals surface area contributed by atoms with Gasteiger partial charge in [-0.15, -0.1) is 11.3 Å². The van der Waals surface area contributed by atoms with Crippen molar-refractivity contribution in [3.8, 4) is 16.9 Å². The highest BCUT2D eigenvalue weighted by atomic mass is 32.1. The van der Waals surface area contributed by atoms with E-state index in [1.165, 1.54) is 34.6 Å². The Hall–Kier alpha value is -4.57. The first-order valence-electron chi connectivity index (χ1n) is 10.8. The molecule has 8 nitrogen and oxygen atoms in total. The van der Waals surface area contributed by atoms with Crippen molar-refractivity contribution in [1.82, 2.24) is 9.88 Å². The van der Waals surface area contributed by atoms with E-state index >= 15 is 0 Å². The fraction of sp³-hybridized carbons (Fsp3) is 0.0769. The molecule has 2 heterocycles. The van der Waals surface area contributed by atoms with Crippen molar-refractivity contribution in [3.05, 3.63) is 100 Å². The van der Waals surface area contributed by atoms with E-state index in [0.717, 1.165) is 23.8 Å². The number of nitrogens with one attached hydrogen (secondary N) is 1. The number of aromatic carboxylic acids is 1. The number of aromatic nitrogens is 1. The van der Waals surface area contributed by atoms with E-state index in [4.69, 9.17) is 5.11 Å². The van der Waals surface area contributed by atoms with Crippen molar-refractivity contribution in [3.63, 3.8) is 0 Å². The Labute approximate surface area is 208 Å². The molecule has 1 atom stereocenters. The van der Waals surface area contributed by atoms with Gasteiger partial charge in [-0.25, -0.2) is 14.2 Å². The van der Waals surface area contributed by atoms with Crippen LogP contribution >= 0.6 is 11.3 Å². The minimum atomic E-state index is -1.32. The number of fused-ring (bicyclic) bond motifs is 1. The number of halogens is 1. The predicted octanol–water partition coefficient (Wildman–Crippen LogP) is 4.69. The number of nitrogens with zero attached hydrogens (tertiary/aromatic N) is 2. The Kier molecular flexibility index (Phi) is 5.95. The number of carbonyl (C=O) groups is 3. The average molecular weight is 504 g/mol. The third kappa shape index (κ3) is 4.29. The fourth-order valence-corrected chi connectivity index (χ4v) is 4.70. The predicted molar refractivity (Wildman–Crippen MR) is 130 cm³/mol. The molecule has 4 aromatic rings. The summed E-state index contributed by atoms with van der Waals surface area (Å²) in [5, 5.41) is 24.2. The largest absolute Gasteiger partial charge is 0.508 e. The molecule has 3 aromatic carbocycles. The number of carboxylic acid groups (broad SMARTS) is 1. The van der Waals surface area contributed by atoms with Crippen LogP contribution in [-0.2, 0) is 11.3 Å². The van der Waals surface area contributed by atoms with Gasteiger partial charge in [-0.2, -0.15) is 0 Å². The van der Waals surface area contributed by atoms with Crippen LogP contribution in [0.1, 0.15) is 37.9 Å². The van der Waals surface area contributed by atoms with Gasteiger partial charge in [0, 0.05) is 29.2 Å². The number of phenolic OH excluding ortho intramolecular Hbond substituents is 1. The number of aromatic hydroxyl groups is 1. The van der Waals surface area contributed by atoms with Gasteiger partial charge in [-0.3, -0.25) is 14.9 Å². The van der Waals surface area contributed by atoms with E-state index in [0.29, 0.717) is 21.8 Å². The molecule has 36 heavy (non-hydrogen) atoms. The summed E-state index contributed by atoms with van der Waals surface area (Å²) < 4.78 is 14.1. The molecule has 1 aliphatic rings. The summed E-state index contributed by atoms with van der Waals surface area (Å²) in [6.45, 7) is 0.0678. The molecule has 180 valence electrons. The number of phenols is 1. The summed E-state index contributed by atoms with van der Waals surface area (Å²) in [6.07, 6.45) is 1.51. The molecule has 10 heteroatoms. The summed E-state index contributed by atoms with van der Waals surface area (Å²) in [6, 6.07) is 13.4. The molecular weight excluding hydrogens is 485 g/mol. The Bertz CT molecular complexity index is 1490. The highest BCUT2D eigenvalue weighted by Gasteiger charge is 2.39. The fourth-order valence-electron chi connectivity index (χ4n) is 4.17. The number of hydrogen-bond acceptors (Lipinski definition) is 6. The Morgan fingerprint density at radius 2 is 1.81 bits per heavy atom. The number of thiazole rings is 1. The maximum Gasteiger partial charge on any atom is 0.335 e. The molecule has 0 radical (unpaired) electrons. The van der Waals surface area contributed by atoms with E-state index < -0.39 is 29.6 Å². The molecule has 1 aliphatic heterocycles. The smallest absolute Gasteiger partial charge is 0.335 e. The summed E-state index contributed by atoms with van der Waals surface area (Å²) in [7, 11) is 0. The van der Waals surface area contributed by atoms with Gasteiger partial charge >= 0.3 is 5.97 Å². The van der Waals surface area contributed by atoms with Gasteiger partial charge in [0.1, 0.15) is 17.6 Å². The van der Waals surface area contributed by atoms with Gasteiger partial charge in [-0.05, 0) is 53.1 Å². The van der Waals surface area contributed by atoms with Gasteiger partial charge in [-0.1, -0.05) is 24.3 Å². The molecule has 0 saturated heterocycles. The number of carbonyl (C=O) groups excluding carboxylic acids is 2. The van der Waals surface area contributed by atoms with Crippen LogP contribution in [0.15, 0.2) is 72.2 Å². The second-order valence-corrected chi connectivity index (χ2v) is 9.01. The first kappa shape index (κ1) is 23.2. The van der Waals surface area contributed by atoms with E-state index in [-0.39, 0.29) is 23.4 Å². The van der Waals surface area contributed by atoms with E-state index in [2.05, 4.69) is 10.3 Å². The average Bonchev–Trinajstić information content (AvgIpc) is 3.49. The summed E-state index contributed by atoms with van der Waals surface area (Å²) in [4.78, 5) is 43.3. The highest BCUT2D eigenvalue weighted by Crippen LogP contribution is 2.37. The van der Waals surface area contributed by atoms with Crippen LogP contribution < -0.4 is 5.32 Å². The lowest BCUT2D eigenvalue weighted by atomic mass is 9.99. The SMILES string of the molecule is O=C(O)c1ccc(-c2ccc3c(c2)C(=O)N(C(C(=O)Nc2nccs2)c2cc(F)ccc2O)C3)cc1. The highest BCUT2D eigenvalue weighted by molar-refractivity contribution is 7.13. The molecule has 0 aliphatic carbocycles. The van der Waals surface area contributed by atoms with Crippen molar-refractivity contribution in [1.29, 1.82) is 0 Å². The van der Waals surface area contributed by atoms with Crippen LogP contribution in [0, 0.1) is 5.82 Å². The zero-order valence-corrected chi connectivity index (χ0v) is 19.3. The maximum atomic E-state index is 14.1. The molecular formula is C26H18FN3O5S. The number of amides is 2. The summed E-state index contributed by atoms with van der Waals surface area (Å²) in [5.74, 6) is -3.12. The van der Waals surface area contributed by atoms with Gasteiger partial charge < -0.3 is 15.1 Å². The van der Waals surface area contributed by atoms with E-state index in [1.807, 2.05) is 0 Å². The molecule has 0 spiro atoms. The summed E-state index contributed by atoms with van der Waals surface area (Å²) >= 11 is 1.18. The molecule has 0 bridgehead atoms. The molecule has 1 unspecified atom stereocenters. The number of hydrogen-bond donors (Lipinski definition) is 3. The number of benzene rings is 3. The number of anilines is 1. The van der Waals surface area contributed by atoms with Gasteiger partial charge in [0.15, 0.2) is 5.13 Å². The minimum Gasteiger partial charge on any atom is -0.508 e. The molecule has 0 saturated carbocycles. The zero-order valence-electron chi connectivity index (χ0n) is 18.5. The third-order valence-electron chi connectivity index (χ3n) is 5.91. The monoisotopic (exact) mass is 503 g/mol. The maximum absolute atomic E-state index is 14.1. The van der Waals surface area contributed by atoms with Crippen molar-refractivity contribution in [2.24, 2.45) is 0 Å². The lowest BCUT2D eigenvalue weighted by Crippen LogP contribution is -2.37. The van der Waals surface area contributed by atoms with Crippen molar-refractivity contribution < 1.29 is 29.0 Å². The van der Waals surface area contributed by atoms with Crippen molar-refractivity contribution >= 4 is 34.3 Å². The lowest BCUT2D eigenvalue weighted by molar-refractivity contribution is -0.120. The number of carboxylic acids is 1. The van der Waals surface area contributed by atoms with Gasteiger partial charge in [0.25, 0.3) is 11.8 Å². The van der Waals surface area contributed by atoms with E-state index in [1.54, 1.807) is 35.7 Å². The first-order valence-corrected chi connectivity index (χ1v) is 11.7. The van der Waals surface area contributed by atoms with Crippen LogP contribution in [0.25, 0.3) is 11.1 Å². The van der Waals surface area contributed by atoms with Crippen molar-refractivity contribution in [2.75, 3.05) is 5.32 Å². The molecule has 0 fully saturated rings. The van der Waals surface area contributed by atoms with Gasteiger partial charge in [0.05, 0.1) is 5.56 Å². The Morgan fingerprint density at radius 1 is 1.06 bits per heavy atom. The third-order valence-corrected chi connectivity index (χ3v) is 6.60. The molecule has 1 aromatic heterocycles. The van der Waals surface area contributed by atoms with Crippen LogP contribution in [0.2, 0.25) is 0 Å². The summed E-state index contributed by atoms with van der Waals surface area (Å²) in [5.41, 5.74) is 2.53. The van der Waals surface area contributed by atoms with Crippen LogP contribution in [0.3, 0.4) is 0 Å². The normalized spacial score (nSPS) is 13.4. The molecule has 3 N–H and O–H groups in total. The second-order valence-electron chi connectivity index (χ2n) is 8.12. The second kappa shape index (κ2) is 9.23. The van der Waals surface area contributed by atoms with Crippen LogP contribution in [-0.4, -0.2) is 37.9 Å². The number of rotatable bonds is 6. The zero-order chi connectivity index (χ0) is 25.4. The standard InChI is InChI=1S/C26H18FN3O5S/c27-18-7-8-21(31)20(12-18)22(23(32)29-26-28-9-10-36-26)30-13-17-6-5-16(11-19(17)24(30)33)14-1-3-15(4-2-14)25(34)35/h1-12,22,31H,13H2,(H,34,35)(H,28,29,32). The molecule has 2 amide bonds. The quantitative estimate of drug-likeness (QED) is 0.351. The lowest BCUT2D eigenvalue weighted by Gasteiger charge is -2.27. The Morgan fingerprint density at radius 3 is 2.50 bits per heavy atom. The van der Waals surface area contributed by atoms with Crippen molar-refractivity contribution in [2.45, 2.75) is 12.6 Å². The minimum absolute atomic E-state index is 0.0466. The van der Waals surface area contributed by atoms with E-state index in [9.17, 15) is 23.9 Å².